The number of nitrogens with zero attached hydrogens (tertiary/aromatic N) is 1. The number of hydrogen-bond donors (Lipinski definition) is 0. The van der Waals surface area contributed by atoms with Crippen LogP contribution in [0, 0.1) is 0 Å². The topological polar surface area (TPSA) is 21.7 Å². The SMILES string of the molecule is COc1cccc(Oc2ccccc2CN(C)C)c1. The van der Waals surface area contributed by atoms with Crippen molar-refractivity contribution in [1.82, 2.24) is 4.90 Å². The van der Waals surface area contributed by atoms with Crippen LogP contribution in [0.1, 0.15) is 5.56 Å². The van der Waals surface area contributed by atoms with Gasteiger partial charge < -0.3 is 14.4 Å². The summed E-state index contributed by atoms with van der Waals surface area (Å²) in [6.07, 6.45) is 0. The highest BCUT2D eigenvalue weighted by molar-refractivity contribution is 5.40. The minimum atomic E-state index is 0.783. The quantitative estimate of drug-likeness (QED) is 0.817. The molecule has 0 radical (unpaired) electrons. The number of methoxy groups -OCH3 is 1. The highest BCUT2D eigenvalue weighted by Gasteiger charge is 2.06. The number of hydrogen-bond acceptors (Lipinski definition) is 3. The maximum atomic E-state index is 5.95. The zero-order chi connectivity index (χ0) is 13.7. The first-order valence-electron chi connectivity index (χ1n) is 6.23. The first kappa shape index (κ1) is 13.4. The molecule has 2 aromatic rings. The maximum absolute atomic E-state index is 5.95. The van der Waals surface area contributed by atoms with Crippen molar-refractivity contribution in [2.24, 2.45) is 0 Å². The van der Waals surface area contributed by atoms with Crippen molar-refractivity contribution in [3.05, 3.63) is 54.1 Å². The van der Waals surface area contributed by atoms with Gasteiger partial charge in [0.1, 0.15) is 17.2 Å². The minimum absolute atomic E-state index is 0.783. The highest BCUT2D eigenvalue weighted by atomic mass is 16.5. The zero-order valence-corrected chi connectivity index (χ0v) is 11.6. The van der Waals surface area contributed by atoms with Gasteiger partial charge in [-0.2, -0.15) is 0 Å². The van der Waals surface area contributed by atoms with Crippen molar-refractivity contribution in [3.8, 4) is 17.2 Å². The molecule has 2 rings (SSSR count). The molecule has 0 aliphatic carbocycles. The van der Waals surface area contributed by atoms with E-state index >= 15 is 0 Å². The van der Waals surface area contributed by atoms with Gasteiger partial charge in [-0.25, -0.2) is 0 Å². The van der Waals surface area contributed by atoms with Gasteiger partial charge in [0.2, 0.25) is 0 Å². The number of ether oxygens (including phenoxy) is 2. The molecular weight excluding hydrogens is 238 g/mol. The Balaban J connectivity index is 2.22. The Bertz CT molecular complexity index is 538. The van der Waals surface area contributed by atoms with Crippen LogP contribution in [0.4, 0.5) is 0 Å². The molecule has 0 fully saturated rings. The molecule has 0 bridgehead atoms. The second kappa shape index (κ2) is 6.25. The van der Waals surface area contributed by atoms with Crippen LogP contribution in [0.15, 0.2) is 48.5 Å². The molecular formula is C16H19NO2. The van der Waals surface area contributed by atoms with Gasteiger partial charge in [0, 0.05) is 18.2 Å². The lowest BCUT2D eigenvalue weighted by atomic mass is 10.2. The maximum Gasteiger partial charge on any atom is 0.131 e. The van der Waals surface area contributed by atoms with Crippen molar-refractivity contribution in [1.29, 1.82) is 0 Å². The molecule has 2 aromatic carbocycles. The summed E-state index contributed by atoms with van der Waals surface area (Å²) in [7, 11) is 5.74. The van der Waals surface area contributed by atoms with Crippen LogP contribution in [0.25, 0.3) is 0 Å². The van der Waals surface area contributed by atoms with Crippen LogP contribution in [-0.4, -0.2) is 26.1 Å². The number of rotatable bonds is 5. The summed E-state index contributed by atoms with van der Waals surface area (Å²) in [6.45, 7) is 0.847. The summed E-state index contributed by atoms with van der Waals surface area (Å²) in [5.74, 6) is 2.46. The van der Waals surface area contributed by atoms with Crippen LogP contribution >= 0.6 is 0 Å². The summed E-state index contributed by atoms with van der Waals surface area (Å²) in [6, 6.07) is 15.7. The number of benzene rings is 2. The molecule has 3 heteroatoms. The van der Waals surface area contributed by atoms with Crippen LogP contribution in [-0.2, 0) is 6.54 Å². The Morgan fingerprint density at radius 3 is 2.42 bits per heavy atom. The summed E-state index contributed by atoms with van der Waals surface area (Å²) in [5.41, 5.74) is 1.16. The largest absolute Gasteiger partial charge is 0.497 e. The minimum Gasteiger partial charge on any atom is -0.497 e. The monoisotopic (exact) mass is 257 g/mol. The van der Waals surface area contributed by atoms with Gasteiger partial charge >= 0.3 is 0 Å². The van der Waals surface area contributed by atoms with E-state index in [4.69, 9.17) is 9.47 Å². The van der Waals surface area contributed by atoms with E-state index < -0.39 is 0 Å². The molecule has 0 amide bonds. The first-order chi connectivity index (χ1) is 9.19. The molecule has 0 heterocycles. The van der Waals surface area contributed by atoms with Gasteiger partial charge in [0.05, 0.1) is 7.11 Å². The van der Waals surface area contributed by atoms with E-state index in [0.29, 0.717) is 0 Å². The van der Waals surface area contributed by atoms with E-state index in [9.17, 15) is 0 Å². The third-order valence-electron chi connectivity index (χ3n) is 2.73. The van der Waals surface area contributed by atoms with Crippen molar-refractivity contribution < 1.29 is 9.47 Å². The average molecular weight is 257 g/mol. The fourth-order valence-corrected chi connectivity index (χ4v) is 1.87. The Labute approximate surface area is 114 Å². The lowest BCUT2D eigenvalue weighted by Gasteiger charge is -2.15. The normalized spacial score (nSPS) is 10.5. The van der Waals surface area contributed by atoms with Crippen molar-refractivity contribution >= 4 is 0 Å². The van der Waals surface area contributed by atoms with Crippen LogP contribution in [0.5, 0.6) is 17.2 Å². The van der Waals surface area contributed by atoms with E-state index in [0.717, 1.165) is 29.4 Å². The number of para-hydroxylation sites is 1. The fraction of sp³-hybridized carbons (Fsp3) is 0.250. The van der Waals surface area contributed by atoms with Crippen molar-refractivity contribution in [2.45, 2.75) is 6.54 Å². The Morgan fingerprint density at radius 2 is 1.68 bits per heavy atom. The summed E-state index contributed by atoms with van der Waals surface area (Å²) in [4.78, 5) is 2.12. The molecule has 19 heavy (non-hydrogen) atoms. The lowest BCUT2D eigenvalue weighted by molar-refractivity contribution is 0.386. The van der Waals surface area contributed by atoms with E-state index in [-0.39, 0.29) is 0 Å². The van der Waals surface area contributed by atoms with Gasteiger partial charge in [-0.1, -0.05) is 24.3 Å². The zero-order valence-electron chi connectivity index (χ0n) is 11.6. The molecule has 100 valence electrons. The average Bonchev–Trinajstić information content (AvgIpc) is 2.41. The molecule has 0 aromatic heterocycles. The standard InChI is InChI=1S/C16H19NO2/c1-17(2)12-13-7-4-5-10-16(13)19-15-9-6-8-14(11-15)18-3/h4-11H,12H2,1-3H3. The third kappa shape index (κ3) is 3.73. The molecule has 0 spiro atoms. The van der Waals surface area contributed by atoms with Gasteiger partial charge in [0.25, 0.3) is 0 Å². The van der Waals surface area contributed by atoms with Crippen LogP contribution in [0.3, 0.4) is 0 Å². The molecule has 0 saturated heterocycles. The second-order valence-corrected chi connectivity index (χ2v) is 4.63. The third-order valence-corrected chi connectivity index (χ3v) is 2.73. The molecule has 0 unspecified atom stereocenters. The molecule has 3 nitrogen and oxygen atoms in total. The van der Waals surface area contributed by atoms with Crippen LogP contribution < -0.4 is 9.47 Å². The molecule has 0 atom stereocenters. The highest BCUT2D eigenvalue weighted by Crippen LogP contribution is 2.28. The molecule has 0 N–H and O–H groups in total. The Hall–Kier alpha value is -2.00. The van der Waals surface area contributed by atoms with Crippen molar-refractivity contribution in [3.63, 3.8) is 0 Å². The summed E-state index contributed by atoms with van der Waals surface area (Å²) < 4.78 is 11.1. The Kier molecular flexibility index (Phi) is 4.42. The predicted octanol–water partition coefficient (Wildman–Crippen LogP) is 3.55. The van der Waals surface area contributed by atoms with Gasteiger partial charge in [-0.15, -0.1) is 0 Å². The summed E-state index contributed by atoms with van der Waals surface area (Å²) in [5, 5.41) is 0. The Morgan fingerprint density at radius 1 is 0.947 bits per heavy atom. The van der Waals surface area contributed by atoms with Crippen LogP contribution in [0.2, 0.25) is 0 Å². The van der Waals surface area contributed by atoms with Gasteiger partial charge in [-0.3, -0.25) is 0 Å². The first-order valence-corrected chi connectivity index (χ1v) is 6.23. The van der Waals surface area contributed by atoms with Gasteiger partial charge in [0.15, 0.2) is 0 Å². The van der Waals surface area contributed by atoms with Crippen molar-refractivity contribution in [2.75, 3.05) is 21.2 Å². The van der Waals surface area contributed by atoms with E-state index in [2.05, 4.69) is 11.0 Å². The molecule has 0 saturated carbocycles. The lowest BCUT2D eigenvalue weighted by Crippen LogP contribution is -2.11. The predicted molar refractivity (Wildman–Crippen MR) is 76.9 cm³/mol. The van der Waals surface area contributed by atoms with E-state index in [1.54, 1.807) is 7.11 Å². The van der Waals surface area contributed by atoms with E-state index in [1.807, 2.05) is 56.6 Å². The van der Waals surface area contributed by atoms with E-state index in [1.165, 1.54) is 0 Å². The smallest absolute Gasteiger partial charge is 0.131 e. The molecule has 0 aliphatic rings. The second-order valence-electron chi connectivity index (χ2n) is 4.63. The molecule has 0 aliphatic heterocycles. The summed E-state index contributed by atoms with van der Waals surface area (Å²) >= 11 is 0. The fourth-order valence-electron chi connectivity index (χ4n) is 1.87. The van der Waals surface area contributed by atoms with Gasteiger partial charge in [-0.05, 0) is 32.3 Å².